The van der Waals surface area contributed by atoms with Crippen LogP contribution in [0.3, 0.4) is 0 Å². The van der Waals surface area contributed by atoms with Gasteiger partial charge in [-0.2, -0.15) is 0 Å². The van der Waals surface area contributed by atoms with Crippen LogP contribution in [0.15, 0.2) is 6.07 Å². The summed E-state index contributed by atoms with van der Waals surface area (Å²) in [6.45, 7) is 0.767. The summed E-state index contributed by atoms with van der Waals surface area (Å²) in [7, 11) is 4.17. The van der Waals surface area contributed by atoms with Crippen molar-refractivity contribution in [3.63, 3.8) is 0 Å². The van der Waals surface area contributed by atoms with Crippen molar-refractivity contribution in [2.45, 2.75) is 86.3 Å². The molecule has 252 valence electrons. The first-order valence-electron chi connectivity index (χ1n) is 15.0. The molecule has 5 N–H and O–H groups in total. The average Bonchev–Trinajstić information content (AvgIpc) is 3.54. The molecule has 1 aliphatic carbocycles. The average molecular weight is 714 g/mol. The summed E-state index contributed by atoms with van der Waals surface area (Å²) in [5, 5.41) is 55.3. The molecule has 2 aromatic carbocycles. The topological polar surface area (TPSA) is 192 Å². The van der Waals surface area contributed by atoms with Crippen LogP contribution in [-0.4, -0.2) is 125 Å². The molecule has 14 nitrogen and oxygen atoms in total. The molecule has 10 atom stereocenters. The van der Waals surface area contributed by atoms with Gasteiger partial charge in [0.25, 0.3) is 5.79 Å². The van der Waals surface area contributed by atoms with Gasteiger partial charge in [0.05, 0.1) is 24.7 Å². The Kier molecular flexibility index (Phi) is 7.89. The number of phenolic OH excluding ortho intramolecular Hbond substituents is 1. The fourth-order valence-electron chi connectivity index (χ4n) is 7.92. The number of benzene rings is 2. The van der Waals surface area contributed by atoms with E-state index in [1.54, 1.807) is 0 Å². The molecule has 0 amide bonds. The van der Waals surface area contributed by atoms with Gasteiger partial charge < -0.3 is 63.4 Å². The number of hydrogen-bond acceptors (Lipinski definition) is 14. The number of aliphatic hydroxyl groups excluding tert-OH is 3. The van der Waals surface area contributed by atoms with Crippen LogP contribution in [0.4, 0.5) is 0 Å². The number of aryl methyl sites for hydroxylation is 1. The highest BCUT2D eigenvalue weighted by Crippen LogP contribution is 2.67. The van der Waals surface area contributed by atoms with Gasteiger partial charge in [0, 0.05) is 42.5 Å². The molecule has 2 bridgehead atoms. The highest BCUT2D eigenvalue weighted by Gasteiger charge is 2.85. The first-order valence-corrected chi connectivity index (χ1v) is 16.2. The highest BCUT2D eigenvalue weighted by molar-refractivity contribution is 9.09. The van der Waals surface area contributed by atoms with Crippen molar-refractivity contribution in [2.75, 3.05) is 39.9 Å². The number of ether oxygens (including phenoxy) is 8. The molecule has 0 radical (unpaired) electrons. The largest absolute Gasteiger partial charge is 0.506 e. The van der Waals surface area contributed by atoms with E-state index in [2.05, 4.69) is 15.9 Å². The third kappa shape index (κ3) is 3.96. The number of rotatable bonds is 8. The number of halogens is 1. The van der Waals surface area contributed by atoms with Gasteiger partial charge >= 0.3 is 0 Å². The number of aromatic hydroxyl groups is 1. The predicted molar refractivity (Wildman–Crippen MR) is 159 cm³/mol. The minimum absolute atomic E-state index is 0.160. The summed E-state index contributed by atoms with van der Waals surface area (Å²) in [5.41, 5.74) is -0.0468. The zero-order chi connectivity index (χ0) is 32.9. The number of carbonyl (C=O) groups excluding carboxylic acids is 1. The van der Waals surface area contributed by atoms with E-state index >= 15 is 0 Å². The van der Waals surface area contributed by atoms with Gasteiger partial charge in [0.1, 0.15) is 54.4 Å². The molecular formula is C31H37BrO14. The number of fused-ring (bicyclic) bond motifs is 6. The van der Waals surface area contributed by atoms with Gasteiger partial charge in [-0.05, 0) is 31.4 Å². The molecule has 0 aromatic heterocycles. The lowest BCUT2D eigenvalue weighted by molar-refractivity contribution is -0.369. The first-order chi connectivity index (χ1) is 22.0. The van der Waals surface area contributed by atoms with Gasteiger partial charge in [0.15, 0.2) is 23.8 Å². The number of phenols is 1. The number of methoxy groups -OCH3 is 3. The summed E-state index contributed by atoms with van der Waals surface area (Å²) in [6, 6.07) is 1.84. The van der Waals surface area contributed by atoms with Crippen molar-refractivity contribution in [3.05, 3.63) is 28.3 Å². The second-order valence-corrected chi connectivity index (χ2v) is 12.9. The highest BCUT2D eigenvalue weighted by atomic mass is 79.9. The maximum atomic E-state index is 13.1. The van der Waals surface area contributed by atoms with Crippen molar-refractivity contribution >= 4 is 32.5 Å². The molecule has 0 spiro atoms. The van der Waals surface area contributed by atoms with Crippen LogP contribution >= 0.6 is 15.9 Å². The standard InChI is InChI=1S/C31H37BrO14/c1-12-8-14-19(21(36)18-13(23(14)39-2)6-5-7-15(18)34)24-17(12)25-27-31(41-4,45-24)29(38,10-32)30(44-25,46-27)11-42-28-26(40-3)22(37)20(35)16(9-33)43-28/h8,16,20,22,25-28,33,35-38H,5-7,9-11H2,1-4H3/t16?,20?,22?,25?,26?,27?,28?,29-,30?,31-/m1/s1. The maximum absolute atomic E-state index is 13.1. The van der Waals surface area contributed by atoms with Crippen molar-refractivity contribution < 1.29 is 68.2 Å². The van der Waals surface area contributed by atoms with Crippen LogP contribution in [0, 0.1) is 6.92 Å². The molecular weight excluding hydrogens is 676 g/mol. The molecule has 46 heavy (non-hydrogen) atoms. The molecule has 5 aliphatic rings. The lowest BCUT2D eigenvalue weighted by Gasteiger charge is -2.53. The Bertz CT molecular complexity index is 1580. The number of hydrogen-bond donors (Lipinski definition) is 5. The Hall–Kier alpha value is -2.15. The van der Waals surface area contributed by atoms with E-state index < -0.39 is 73.3 Å². The van der Waals surface area contributed by atoms with Crippen molar-refractivity contribution in [3.8, 4) is 17.2 Å². The lowest BCUT2D eigenvalue weighted by Crippen LogP contribution is -2.75. The molecule has 4 heterocycles. The van der Waals surface area contributed by atoms with Crippen molar-refractivity contribution in [2.24, 2.45) is 0 Å². The number of ketones is 1. The lowest BCUT2D eigenvalue weighted by atomic mass is 9.76. The van der Waals surface area contributed by atoms with Crippen LogP contribution in [0.25, 0.3) is 10.8 Å². The van der Waals surface area contributed by atoms with E-state index in [-0.39, 0.29) is 40.0 Å². The molecule has 15 heteroatoms. The van der Waals surface area contributed by atoms with Crippen LogP contribution in [0.2, 0.25) is 0 Å². The fraction of sp³-hybridized carbons (Fsp3) is 0.645. The minimum Gasteiger partial charge on any atom is -0.506 e. The third-order valence-corrected chi connectivity index (χ3v) is 11.0. The Morgan fingerprint density at radius 3 is 2.54 bits per heavy atom. The fourth-order valence-corrected chi connectivity index (χ4v) is 8.74. The van der Waals surface area contributed by atoms with Crippen molar-refractivity contribution in [1.29, 1.82) is 0 Å². The van der Waals surface area contributed by atoms with Gasteiger partial charge in [0.2, 0.25) is 5.79 Å². The number of aliphatic hydroxyl groups is 4. The first kappa shape index (κ1) is 32.4. The van der Waals surface area contributed by atoms with Crippen LogP contribution in [-0.2, 0) is 34.8 Å². The SMILES string of the molecule is COc1c2c(c(O)c3c4c(c(C)cc13)C1OC3(COC5OC(CO)C(O)C(O)C5OC)OC1[C@@](OC)(O4)[C@@]3(O)CBr)C(=O)CCC2. The molecule has 8 unspecified atom stereocenters. The number of alkyl halides is 1. The molecule has 0 saturated carbocycles. The van der Waals surface area contributed by atoms with Crippen LogP contribution < -0.4 is 9.47 Å². The smallest absolute Gasteiger partial charge is 0.275 e. The number of carbonyl (C=O) groups is 1. The van der Waals surface area contributed by atoms with Gasteiger partial charge in [-0.15, -0.1) is 0 Å². The zero-order valence-corrected chi connectivity index (χ0v) is 27.2. The monoisotopic (exact) mass is 712 g/mol. The van der Waals surface area contributed by atoms with E-state index in [0.717, 1.165) is 0 Å². The Labute approximate surface area is 272 Å². The van der Waals surface area contributed by atoms with Crippen LogP contribution in [0.5, 0.6) is 17.2 Å². The summed E-state index contributed by atoms with van der Waals surface area (Å²) >= 11 is 3.40. The maximum Gasteiger partial charge on any atom is 0.275 e. The van der Waals surface area contributed by atoms with Crippen molar-refractivity contribution in [1.82, 2.24) is 0 Å². The molecule has 3 saturated heterocycles. The Morgan fingerprint density at radius 2 is 1.89 bits per heavy atom. The molecule has 7 rings (SSSR count). The summed E-state index contributed by atoms with van der Waals surface area (Å²) in [5.74, 6) is -3.67. The van der Waals surface area contributed by atoms with Crippen LogP contribution in [0.1, 0.15) is 46.0 Å². The molecule has 2 aromatic rings. The quantitative estimate of drug-likeness (QED) is 0.242. The summed E-state index contributed by atoms with van der Waals surface area (Å²) < 4.78 is 48.6. The Morgan fingerprint density at radius 1 is 1.13 bits per heavy atom. The summed E-state index contributed by atoms with van der Waals surface area (Å²) in [6.07, 6.45) is -6.95. The van der Waals surface area contributed by atoms with E-state index in [4.69, 9.17) is 37.9 Å². The second-order valence-electron chi connectivity index (χ2n) is 12.4. The Balaban J connectivity index is 1.35. The third-order valence-electron chi connectivity index (χ3n) is 10.2. The van der Waals surface area contributed by atoms with E-state index in [9.17, 15) is 30.3 Å². The van der Waals surface area contributed by atoms with E-state index in [0.29, 0.717) is 40.7 Å². The summed E-state index contributed by atoms with van der Waals surface area (Å²) in [4.78, 5) is 13.1. The normalized spacial score (nSPS) is 39.3. The van der Waals surface area contributed by atoms with Gasteiger partial charge in [-0.1, -0.05) is 15.9 Å². The zero-order valence-electron chi connectivity index (χ0n) is 25.6. The second kappa shape index (κ2) is 11.2. The molecule has 4 aliphatic heterocycles. The van der Waals surface area contributed by atoms with E-state index in [1.807, 2.05) is 13.0 Å². The molecule has 3 fully saturated rings. The predicted octanol–water partition coefficient (Wildman–Crippen LogP) is 0.880. The van der Waals surface area contributed by atoms with Gasteiger partial charge in [-0.25, -0.2) is 0 Å². The van der Waals surface area contributed by atoms with Gasteiger partial charge in [-0.3, -0.25) is 4.79 Å². The van der Waals surface area contributed by atoms with E-state index in [1.165, 1.54) is 21.3 Å². The minimum atomic E-state index is -2.10. The number of Topliss-reactive ketones (excluding diaryl/α,β-unsaturated/α-hetero) is 1.